The summed E-state index contributed by atoms with van der Waals surface area (Å²) in [6, 6.07) is 4.70. The number of esters is 1. The number of aromatic hydroxyl groups is 1. The summed E-state index contributed by atoms with van der Waals surface area (Å²) in [4.78, 5) is 25.6. The van der Waals surface area contributed by atoms with Crippen LogP contribution < -0.4 is 4.74 Å². The van der Waals surface area contributed by atoms with Crippen LogP contribution in [0.25, 0.3) is 0 Å². The lowest BCUT2D eigenvalue weighted by Crippen LogP contribution is -2.13. The molecule has 0 radical (unpaired) electrons. The largest absolute Gasteiger partial charge is 0.506 e. The SMILES string of the molecule is CCOC(=O)COP(=O)(O)COc1cc(C)c(Cc2ccc(O)c(C(C)C)n2)c(C)c1F. The molecule has 0 fully saturated rings. The first kappa shape index (κ1) is 25.8. The molecule has 2 aromatic rings. The van der Waals surface area contributed by atoms with Crippen LogP contribution in [0.2, 0.25) is 0 Å². The van der Waals surface area contributed by atoms with Gasteiger partial charge in [-0.1, -0.05) is 13.8 Å². The molecule has 0 aliphatic heterocycles. The molecule has 0 saturated carbocycles. The Balaban J connectivity index is 2.16. The van der Waals surface area contributed by atoms with Gasteiger partial charge in [0.05, 0.1) is 12.3 Å². The molecule has 1 atom stereocenters. The molecule has 1 aromatic carbocycles. The van der Waals surface area contributed by atoms with Crippen LogP contribution in [0.3, 0.4) is 0 Å². The molecule has 1 aromatic heterocycles. The fraction of sp³-hybridized carbons (Fsp3) is 0.455. The summed E-state index contributed by atoms with van der Waals surface area (Å²) < 4.78 is 41.5. The van der Waals surface area contributed by atoms with E-state index in [1.807, 2.05) is 13.8 Å². The van der Waals surface area contributed by atoms with E-state index in [2.05, 4.69) is 14.2 Å². The van der Waals surface area contributed by atoms with E-state index in [-0.39, 0.29) is 24.0 Å². The van der Waals surface area contributed by atoms with Gasteiger partial charge in [-0.05, 0) is 61.6 Å². The Hall–Kier alpha value is -2.48. The number of carbonyl (C=O) groups excluding carboxylic acids is 1. The van der Waals surface area contributed by atoms with E-state index in [0.717, 1.165) is 0 Å². The number of nitrogens with zero attached hydrogens (tertiary/aromatic N) is 1. The summed E-state index contributed by atoms with van der Waals surface area (Å²) in [6.45, 7) is 8.20. The van der Waals surface area contributed by atoms with Gasteiger partial charge in [0.25, 0.3) is 0 Å². The number of aryl methyl sites for hydroxylation is 1. The highest BCUT2D eigenvalue weighted by molar-refractivity contribution is 7.52. The molecule has 1 unspecified atom stereocenters. The number of halogens is 1. The predicted octanol–water partition coefficient (Wildman–Crippen LogP) is 4.36. The van der Waals surface area contributed by atoms with Crippen molar-refractivity contribution in [2.45, 2.75) is 47.0 Å². The van der Waals surface area contributed by atoms with Gasteiger partial charge in [-0.25, -0.2) is 9.18 Å². The highest BCUT2D eigenvalue weighted by Crippen LogP contribution is 2.42. The van der Waals surface area contributed by atoms with Crippen LogP contribution in [0.1, 0.15) is 54.8 Å². The minimum absolute atomic E-state index is 0.0323. The second kappa shape index (κ2) is 10.9. The van der Waals surface area contributed by atoms with E-state index in [9.17, 15) is 23.7 Å². The average Bonchev–Trinajstić information content (AvgIpc) is 2.72. The van der Waals surface area contributed by atoms with Gasteiger partial charge in [0, 0.05) is 12.1 Å². The van der Waals surface area contributed by atoms with Crippen LogP contribution >= 0.6 is 7.60 Å². The molecule has 8 nitrogen and oxygen atoms in total. The minimum atomic E-state index is -4.30. The second-order valence-electron chi connectivity index (χ2n) is 7.64. The van der Waals surface area contributed by atoms with Gasteiger partial charge < -0.3 is 19.5 Å². The lowest BCUT2D eigenvalue weighted by Gasteiger charge is -2.17. The maximum Gasteiger partial charge on any atom is 0.365 e. The standard InChI is InChI=1S/C22H29FNO7P/c1-6-29-20(26)11-31-32(27,28)12-30-19-9-14(4)17(15(5)21(19)23)10-16-7-8-18(25)22(24-16)13(2)3/h7-9,13,25H,6,10-12H2,1-5H3,(H,27,28). The third-order valence-corrected chi connectivity index (χ3v) is 5.75. The molecule has 1 heterocycles. The van der Waals surface area contributed by atoms with Gasteiger partial charge >= 0.3 is 13.6 Å². The van der Waals surface area contributed by atoms with Gasteiger partial charge in [0.15, 0.2) is 24.5 Å². The number of carbonyl (C=O) groups is 1. The summed E-state index contributed by atoms with van der Waals surface area (Å²) in [6.07, 6.45) is -0.477. The lowest BCUT2D eigenvalue weighted by atomic mass is 9.96. The highest BCUT2D eigenvalue weighted by atomic mass is 31.2. The Kier molecular flexibility index (Phi) is 8.78. The van der Waals surface area contributed by atoms with Crippen LogP contribution in [-0.2, 0) is 25.0 Å². The van der Waals surface area contributed by atoms with E-state index in [1.54, 1.807) is 32.9 Å². The van der Waals surface area contributed by atoms with Crippen LogP contribution in [0.15, 0.2) is 18.2 Å². The Labute approximate surface area is 186 Å². The van der Waals surface area contributed by atoms with Gasteiger partial charge in [-0.2, -0.15) is 0 Å². The quantitative estimate of drug-likeness (QED) is 0.390. The van der Waals surface area contributed by atoms with Gasteiger partial charge in [0.1, 0.15) is 5.75 Å². The number of pyridine rings is 1. The smallest absolute Gasteiger partial charge is 0.365 e. The molecule has 32 heavy (non-hydrogen) atoms. The van der Waals surface area contributed by atoms with Crippen LogP contribution in [0.4, 0.5) is 4.39 Å². The monoisotopic (exact) mass is 469 g/mol. The summed E-state index contributed by atoms with van der Waals surface area (Å²) in [5, 5.41) is 9.96. The molecule has 0 amide bonds. The van der Waals surface area contributed by atoms with E-state index in [1.165, 1.54) is 6.07 Å². The molecule has 0 bridgehead atoms. The number of hydrogen-bond acceptors (Lipinski definition) is 7. The molecule has 2 rings (SSSR count). The average molecular weight is 469 g/mol. The van der Waals surface area contributed by atoms with Crippen molar-refractivity contribution in [2.24, 2.45) is 0 Å². The number of rotatable bonds is 10. The number of benzene rings is 1. The van der Waals surface area contributed by atoms with Crippen molar-refractivity contribution in [2.75, 3.05) is 19.6 Å². The number of ether oxygens (including phenoxy) is 2. The van der Waals surface area contributed by atoms with Crippen molar-refractivity contribution in [3.8, 4) is 11.5 Å². The first-order chi connectivity index (χ1) is 14.9. The van der Waals surface area contributed by atoms with Crippen molar-refractivity contribution < 1.29 is 37.7 Å². The third kappa shape index (κ3) is 6.76. The first-order valence-corrected chi connectivity index (χ1v) is 11.9. The predicted molar refractivity (Wildman–Crippen MR) is 117 cm³/mol. The van der Waals surface area contributed by atoms with E-state index in [4.69, 9.17) is 4.74 Å². The van der Waals surface area contributed by atoms with Crippen LogP contribution in [-0.4, -0.2) is 40.5 Å². The molecule has 0 aliphatic rings. The first-order valence-electron chi connectivity index (χ1n) is 10.2. The zero-order valence-corrected chi connectivity index (χ0v) is 19.7. The summed E-state index contributed by atoms with van der Waals surface area (Å²) in [7, 11) is -4.30. The van der Waals surface area contributed by atoms with Crippen molar-refractivity contribution in [1.29, 1.82) is 0 Å². The zero-order chi connectivity index (χ0) is 24.1. The van der Waals surface area contributed by atoms with Crippen molar-refractivity contribution >= 4 is 13.6 Å². The number of aromatic nitrogens is 1. The van der Waals surface area contributed by atoms with Crippen molar-refractivity contribution in [1.82, 2.24) is 4.98 Å². The maximum absolute atomic E-state index is 14.9. The fourth-order valence-electron chi connectivity index (χ4n) is 3.10. The molecule has 176 valence electrons. The molecule has 0 spiro atoms. The second-order valence-corrected chi connectivity index (χ2v) is 9.43. The minimum Gasteiger partial charge on any atom is -0.506 e. The molecule has 2 N–H and O–H groups in total. The summed E-state index contributed by atoms with van der Waals surface area (Å²) >= 11 is 0. The van der Waals surface area contributed by atoms with Crippen molar-refractivity contribution in [3.05, 3.63) is 52.1 Å². The molecule has 0 saturated heterocycles. The van der Waals surface area contributed by atoms with E-state index in [0.29, 0.717) is 34.5 Å². The van der Waals surface area contributed by atoms with Gasteiger partial charge in [-0.15, -0.1) is 0 Å². The Morgan fingerprint density at radius 1 is 1.28 bits per heavy atom. The normalized spacial score (nSPS) is 13.1. The Bertz CT molecular complexity index is 1030. The Morgan fingerprint density at radius 3 is 2.59 bits per heavy atom. The molecule has 10 heteroatoms. The van der Waals surface area contributed by atoms with Crippen molar-refractivity contribution in [3.63, 3.8) is 0 Å². The molecule has 0 aliphatic carbocycles. The Morgan fingerprint density at radius 2 is 1.97 bits per heavy atom. The zero-order valence-electron chi connectivity index (χ0n) is 18.8. The van der Waals surface area contributed by atoms with Gasteiger partial charge in [0.2, 0.25) is 0 Å². The third-order valence-electron chi connectivity index (χ3n) is 4.76. The lowest BCUT2D eigenvalue weighted by molar-refractivity contribution is -0.145. The van der Waals surface area contributed by atoms with E-state index < -0.39 is 32.3 Å². The maximum atomic E-state index is 14.9. The van der Waals surface area contributed by atoms with E-state index >= 15 is 0 Å². The van der Waals surface area contributed by atoms with Crippen LogP contribution in [0, 0.1) is 19.7 Å². The van der Waals surface area contributed by atoms with Crippen LogP contribution in [0.5, 0.6) is 11.5 Å². The molecular formula is C22H29FNO7P. The number of hydrogen-bond donors (Lipinski definition) is 2. The summed E-state index contributed by atoms with van der Waals surface area (Å²) in [5.74, 6) is -1.50. The topological polar surface area (TPSA) is 115 Å². The van der Waals surface area contributed by atoms with Gasteiger partial charge in [-0.3, -0.25) is 14.1 Å². The summed E-state index contributed by atoms with van der Waals surface area (Å²) in [5.41, 5.74) is 2.98. The highest BCUT2D eigenvalue weighted by Gasteiger charge is 2.24. The molecular weight excluding hydrogens is 440 g/mol. The fourth-order valence-corrected chi connectivity index (χ4v) is 3.78.